The summed E-state index contributed by atoms with van der Waals surface area (Å²) in [7, 11) is 0. The average molecular weight is 271 g/mol. The first-order valence-corrected chi connectivity index (χ1v) is 8.62. The number of anilines is 1. The normalized spacial score (nSPS) is 24.2. The van der Waals surface area contributed by atoms with E-state index < -0.39 is 0 Å². The van der Waals surface area contributed by atoms with Gasteiger partial charge in [-0.1, -0.05) is 52.2 Å². The Labute approximate surface area is 124 Å². The van der Waals surface area contributed by atoms with Crippen molar-refractivity contribution in [1.29, 1.82) is 0 Å². The lowest BCUT2D eigenvalue weighted by atomic mass is 9.70. The highest BCUT2D eigenvalue weighted by Gasteiger charge is 2.39. The van der Waals surface area contributed by atoms with Gasteiger partial charge in [0.15, 0.2) is 0 Å². The van der Waals surface area contributed by atoms with Gasteiger partial charge in [-0.3, -0.25) is 0 Å². The van der Waals surface area contributed by atoms with Crippen LogP contribution in [0.1, 0.15) is 81.9 Å². The minimum atomic E-state index is 0.404. The Bertz CT molecular complexity index is 483. The van der Waals surface area contributed by atoms with Gasteiger partial charge in [-0.05, 0) is 54.7 Å². The van der Waals surface area contributed by atoms with E-state index in [9.17, 15) is 0 Å². The van der Waals surface area contributed by atoms with Crippen LogP contribution < -0.4 is 5.32 Å². The van der Waals surface area contributed by atoms with Gasteiger partial charge in [0.05, 0.1) is 0 Å². The van der Waals surface area contributed by atoms with Gasteiger partial charge in [0.1, 0.15) is 0 Å². The van der Waals surface area contributed by atoms with E-state index in [0.717, 1.165) is 12.8 Å². The van der Waals surface area contributed by atoms with E-state index in [1.165, 1.54) is 49.8 Å². The van der Waals surface area contributed by atoms with E-state index in [4.69, 9.17) is 0 Å². The summed E-state index contributed by atoms with van der Waals surface area (Å²) in [6.45, 7) is 7.03. The van der Waals surface area contributed by atoms with Crippen LogP contribution in [0, 0.1) is 0 Å². The van der Waals surface area contributed by atoms with Crippen molar-refractivity contribution >= 4 is 5.69 Å². The molecule has 1 heteroatoms. The molecule has 1 fully saturated rings. The third kappa shape index (κ3) is 2.25. The molecule has 1 aliphatic carbocycles. The molecule has 1 spiro atoms. The van der Waals surface area contributed by atoms with Crippen molar-refractivity contribution in [3.8, 4) is 0 Å². The molecule has 0 radical (unpaired) electrons. The summed E-state index contributed by atoms with van der Waals surface area (Å²) >= 11 is 0. The molecule has 2 aliphatic rings. The van der Waals surface area contributed by atoms with Crippen LogP contribution in [0.4, 0.5) is 5.69 Å². The van der Waals surface area contributed by atoms with Crippen molar-refractivity contribution in [3.63, 3.8) is 0 Å². The quantitative estimate of drug-likeness (QED) is 0.756. The first-order chi connectivity index (χ1) is 9.69. The van der Waals surface area contributed by atoms with E-state index in [0.29, 0.717) is 11.5 Å². The van der Waals surface area contributed by atoms with Crippen molar-refractivity contribution in [1.82, 2.24) is 0 Å². The minimum absolute atomic E-state index is 0.404. The van der Waals surface area contributed by atoms with Gasteiger partial charge in [-0.15, -0.1) is 0 Å². The first-order valence-electron chi connectivity index (χ1n) is 8.62. The monoisotopic (exact) mass is 271 g/mol. The second-order valence-corrected chi connectivity index (χ2v) is 6.95. The average Bonchev–Trinajstić information content (AvgIpc) is 2.46. The van der Waals surface area contributed by atoms with E-state index in [1.807, 2.05) is 0 Å². The number of hydrogen-bond acceptors (Lipinski definition) is 1. The number of rotatable bonds is 2. The standard InChI is InChI=1S/C19H29N/c1-4-15-9-10-16(5-2)18-17(15)14(3)13-19(20-18)11-7-6-8-12-19/h9-10,14,20H,4-8,11-13H2,1-3H3/t14-/m0/s1. The molecule has 1 aromatic rings. The molecule has 1 aliphatic heterocycles. The molecule has 1 heterocycles. The third-order valence-corrected chi connectivity index (χ3v) is 5.57. The van der Waals surface area contributed by atoms with E-state index in [-0.39, 0.29) is 0 Å². The Morgan fingerprint density at radius 3 is 2.35 bits per heavy atom. The molecule has 1 aromatic carbocycles. The largest absolute Gasteiger partial charge is 0.379 e. The molecule has 1 N–H and O–H groups in total. The van der Waals surface area contributed by atoms with Crippen molar-refractivity contribution in [2.75, 3.05) is 5.32 Å². The molecule has 1 saturated carbocycles. The number of aryl methyl sites for hydroxylation is 2. The van der Waals surface area contributed by atoms with Crippen LogP contribution in [0.2, 0.25) is 0 Å². The Morgan fingerprint density at radius 2 is 1.70 bits per heavy atom. The lowest BCUT2D eigenvalue weighted by Gasteiger charge is -2.46. The fourth-order valence-corrected chi connectivity index (χ4v) is 4.58. The van der Waals surface area contributed by atoms with Crippen molar-refractivity contribution in [2.45, 2.75) is 83.6 Å². The highest BCUT2D eigenvalue weighted by Crippen LogP contribution is 2.47. The first kappa shape index (κ1) is 14.0. The van der Waals surface area contributed by atoms with Gasteiger partial charge < -0.3 is 5.32 Å². The maximum Gasteiger partial charge on any atom is 0.0414 e. The van der Waals surface area contributed by atoms with Crippen molar-refractivity contribution in [2.24, 2.45) is 0 Å². The smallest absolute Gasteiger partial charge is 0.0414 e. The summed E-state index contributed by atoms with van der Waals surface area (Å²) in [6.07, 6.45) is 10.6. The van der Waals surface area contributed by atoms with Crippen LogP contribution in [-0.4, -0.2) is 5.54 Å². The van der Waals surface area contributed by atoms with Gasteiger partial charge >= 0.3 is 0 Å². The summed E-state index contributed by atoms with van der Waals surface area (Å²) < 4.78 is 0. The van der Waals surface area contributed by atoms with E-state index >= 15 is 0 Å². The zero-order valence-corrected chi connectivity index (χ0v) is 13.4. The number of nitrogens with one attached hydrogen (secondary N) is 1. The molecule has 110 valence electrons. The lowest BCUT2D eigenvalue weighted by molar-refractivity contribution is 0.281. The SMILES string of the molecule is CCc1ccc(CC)c2c1NC1(CCCCC1)C[C@@H]2C. The van der Waals surface area contributed by atoms with Gasteiger partial charge in [-0.2, -0.15) is 0 Å². The Kier molecular flexibility index (Phi) is 3.79. The van der Waals surface area contributed by atoms with Gasteiger partial charge in [-0.25, -0.2) is 0 Å². The fourth-order valence-electron chi connectivity index (χ4n) is 4.58. The van der Waals surface area contributed by atoms with Crippen LogP contribution in [0.5, 0.6) is 0 Å². The van der Waals surface area contributed by atoms with Gasteiger partial charge in [0.25, 0.3) is 0 Å². The predicted molar refractivity (Wildman–Crippen MR) is 87.7 cm³/mol. The topological polar surface area (TPSA) is 12.0 Å². The van der Waals surface area contributed by atoms with Crippen LogP contribution in [0.15, 0.2) is 12.1 Å². The summed E-state index contributed by atoms with van der Waals surface area (Å²) in [6, 6.07) is 4.73. The second-order valence-electron chi connectivity index (χ2n) is 6.95. The minimum Gasteiger partial charge on any atom is -0.379 e. The van der Waals surface area contributed by atoms with Crippen LogP contribution >= 0.6 is 0 Å². The fraction of sp³-hybridized carbons (Fsp3) is 0.684. The zero-order valence-electron chi connectivity index (χ0n) is 13.4. The summed E-state index contributed by atoms with van der Waals surface area (Å²) in [5.74, 6) is 0.714. The van der Waals surface area contributed by atoms with Crippen molar-refractivity contribution < 1.29 is 0 Å². The zero-order chi connectivity index (χ0) is 14.2. The molecule has 1 nitrogen and oxygen atoms in total. The Hall–Kier alpha value is -0.980. The summed E-state index contributed by atoms with van der Waals surface area (Å²) in [4.78, 5) is 0. The van der Waals surface area contributed by atoms with Crippen molar-refractivity contribution in [3.05, 3.63) is 28.8 Å². The summed E-state index contributed by atoms with van der Waals surface area (Å²) in [5, 5.41) is 4.04. The number of fused-ring (bicyclic) bond motifs is 1. The second kappa shape index (κ2) is 5.42. The maximum absolute atomic E-state index is 4.04. The number of benzene rings is 1. The van der Waals surface area contributed by atoms with Gasteiger partial charge in [0.2, 0.25) is 0 Å². The Morgan fingerprint density at radius 1 is 1.05 bits per heavy atom. The van der Waals surface area contributed by atoms with Gasteiger partial charge in [0, 0.05) is 11.2 Å². The summed E-state index contributed by atoms with van der Waals surface area (Å²) in [5.41, 5.74) is 6.62. The van der Waals surface area contributed by atoms with Crippen LogP contribution in [-0.2, 0) is 12.8 Å². The molecule has 1 atom stereocenters. The lowest BCUT2D eigenvalue weighted by Crippen LogP contribution is -2.45. The highest BCUT2D eigenvalue weighted by atomic mass is 15.0. The third-order valence-electron chi connectivity index (χ3n) is 5.57. The molecule has 0 amide bonds. The highest BCUT2D eigenvalue weighted by molar-refractivity contribution is 5.65. The van der Waals surface area contributed by atoms with E-state index in [2.05, 4.69) is 38.2 Å². The molecule has 0 aromatic heterocycles. The molecular formula is C19H29N. The molecule has 0 unspecified atom stereocenters. The Balaban J connectivity index is 2.05. The molecule has 0 saturated heterocycles. The molecular weight excluding hydrogens is 242 g/mol. The van der Waals surface area contributed by atoms with Crippen LogP contribution in [0.25, 0.3) is 0 Å². The molecule has 3 rings (SSSR count). The number of hydrogen-bond donors (Lipinski definition) is 1. The predicted octanol–water partition coefficient (Wildman–Crippen LogP) is 5.43. The maximum atomic E-state index is 4.04. The molecule has 0 bridgehead atoms. The van der Waals surface area contributed by atoms with E-state index in [1.54, 1.807) is 11.1 Å². The molecule has 20 heavy (non-hydrogen) atoms. The van der Waals surface area contributed by atoms with Crippen LogP contribution in [0.3, 0.4) is 0 Å².